The monoisotopic (exact) mass is 1030 g/mol. The molecule has 2 atom stereocenters. The van der Waals surface area contributed by atoms with E-state index in [-0.39, 0.29) is 23.3 Å². The third kappa shape index (κ3) is 13.2. The van der Waals surface area contributed by atoms with Crippen LogP contribution in [0.4, 0.5) is 0 Å². The third-order valence-corrected chi connectivity index (χ3v) is 14.3. The molecule has 8 rings (SSSR count). The maximum Gasteiger partial charge on any atom is 0.200 e. The van der Waals surface area contributed by atoms with Crippen LogP contribution in [-0.2, 0) is 70.6 Å². The maximum atomic E-state index is 11.7. The van der Waals surface area contributed by atoms with Crippen molar-refractivity contribution in [2.75, 3.05) is 0 Å². The zero-order chi connectivity index (χ0) is 54.2. The lowest BCUT2D eigenvalue weighted by Gasteiger charge is -2.29. The van der Waals surface area contributed by atoms with Crippen LogP contribution in [0.1, 0.15) is 79.1 Å². The summed E-state index contributed by atoms with van der Waals surface area (Å²) < 4.78 is 0. The van der Waals surface area contributed by atoms with E-state index in [1.54, 1.807) is 12.1 Å². The normalized spacial score (nSPS) is 12.2. The summed E-state index contributed by atoms with van der Waals surface area (Å²) in [5.41, 5.74) is 9.72. The maximum absolute atomic E-state index is 11.7. The Kier molecular flexibility index (Phi) is 16.4. The highest BCUT2D eigenvalue weighted by Gasteiger charge is 2.26. The first-order valence-corrected chi connectivity index (χ1v) is 25.1. The highest BCUT2D eigenvalue weighted by molar-refractivity contribution is 5.54. The molecule has 14 nitrogen and oxygen atoms in total. The van der Waals surface area contributed by atoms with Gasteiger partial charge in [0.2, 0.25) is 0 Å². The molecule has 76 heavy (non-hydrogen) atoms. The highest BCUT2D eigenvalue weighted by atomic mass is 16.3. The molecular formula is C62H62O14. The summed E-state index contributed by atoms with van der Waals surface area (Å²) in [6, 6.07) is 39.0. The average Bonchev–Trinajstić information content (AvgIpc) is 3.40. The Balaban J connectivity index is 1.08. The fourth-order valence-corrected chi connectivity index (χ4v) is 9.95. The van der Waals surface area contributed by atoms with Crippen molar-refractivity contribution in [1.29, 1.82) is 0 Å². The molecule has 0 saturated carbocycles. The SMILES string of the molecule is Oc1cc(CC[C@@H](Cc2ccc(CCc3cc(O)c(O)c(O)c3)cc2)[C@H](Cc2ccc(CCc3cc(O)c(O)c(O)c3)cc2)c2ccc(CCc3cc(O)c(O)c(O)c3)c(O)c2)ccc1CCc1cc(O)c(O)c(O)c1. The molecule has 0 fully saturated rings. The fourth-order valence-electron chi connectivity index (χ4n) is 9.95. The number of aromatic hydroxyl groups is 14. The van der Waals surface area contributed by atoms with Gasteiger partial charge in [0.05, 0.1) is 0 Å². The lowest BCUT2D eigenvalue weighted by atomic mass is 9.75. The Bertz CT molecular complexity index is 3240. The number of hydrogen-bond donors (Lipinski definition) is 14. The minimum Gasteiger partial charge on any atom is -0.508 e. The van der Waals surface area contributed by atoms with E-state index < -0.39 is 69.0 Å². The molecular weight excluding hydrogens is 969 g/mol. The summed E-state index contributed by atoms with van der Waals surface area (Å²) in [5.74, 6) is -5.69. The van der Waals surface area contributed by atoms with Gasteiger partial charge in [-0.15, -0.1) is 0 Å². The van der Waals surface area contributed by atoms with Gasteiger partial charge in [0.25, 0.3) is 0 Å². The zero-order valence-electron chi connectivity index (χ0n) is 41.6. The molecule has 14 heteroatoms. The molecule has 0 unspecified atom stereocenters. The van der Waals surface area contributed by atoms with E-state index in [1.807, 2.05) is 48.5 Å². The molecule has 0 aliphatic heterocycles. The van der Waals surface area contributed by atoms with Crippen LogP contribution in [0.5, 0.6) is 80.5 Å². The largest absolute Gasteiger partial charge is 0.508 e. The molecule has 0 spiro atoms. The zero-order valence-corrected chi connectivity index (χ0v) is 41.6. The van der Waals surface area contributed by atoms with Gasteiger partial charge in [-0.3, -0.25) is 0 Å². The molecule has 14 N–H and O–H groups in total. The van der Waals surface area contributed by atoms with Gasteiger partial charge in [0.1, 0.15) is 11.5 Å². The quantitative estimate of drug-likeness (QED) is 0.0298. The van der Waals surface area contributed by atoms with Gasteiger partial charge >= 0.3 is 0 Å². The molecule has 0 heterocycles. The second kappa shape index (κ2) is 23.4. The number of phenolic OH excluding ortho intramolecular Hbond substituents is 14. The second-order valence-electron chi connectivity index (χ2n) is 19.7. The molecule has 0 saturated heterocycles. The number of aryl methyl sites for hydroxylation is 9. The van der Waals surface area contributed by atoms with Crippen LogP contribution in [0.25, 0.3) is 0 Å². The van der Waals surface area contributed by atoms with Crippen molar-refractivity contribution in [2.24, 2.45) is 5.92 Å². The van der Waals surface area contributed by atoms with Gasteiger partial charge in [0, 0.05) is 0 Å². The van der Waals surface area contributed by atoms with E-state index in [4.69, 9.17) is 0 Å². The number of benzene rings is 8. The van der Waals surface area contributed by atoms with Gasteiger partial charge in [-0.2, -0.15) is 0 Å². The van der Waals surface area contributed by atoms with Crippen molar-refractivity contribution in [2.45, 2.75) is 83.0 Å². The van der Waals surface area contributed by atoms with Gasteiger partial charge < -0.3 is 71.5 Å². The summed E-state index contributed by atoms with van der Waals surface area (Å²) in [4.78, 5) is 0. The number of phenols is 14. The summed E-state index contributed by atoms with van der Waals surface area (Å²) >= 11 is 0. The van der Waals surface area contributed by atoms with E-state index in [0.29, 0.717) is 110 Å². The van der Waals surface area contributed by atoms with Crippen LogP contribution >= 0.6 is 0 Å². The van der Waals surface area contributed by atoms with Crippen LogP contribution in [0, 0.1) is 5.92 Å². The van der Waals surface area contributed by atoms with Crippen molar-refractivity contribution in [3.8, 4) is 80.5 Å². The molecule has 394 valence electrons. The molecule has 8 aromatic rings. The Morgan fingerprint density at radius 3 is 0.895 bits per heavy atom. The number of hydrogen-bond acceptors (Lipinski definition) is 14. The smallest absolute Gasteiger partial charge is 0.200 e. The van der Waals surface area contributed by atoms with E-state index >= 15 is 0 Å². The van der Waals surface area contributed by atoms with Crippen molar-refractivity contribution < 1.29 is 71.5 Å². The van der Waals surface area contributed by atoms with Gasteiger partial charge in [-0.25, -0.2) is 0 Å². The first-order valence-electron chi connectivity index (χ1n) is 25.1. The summed E-state index contributed by atoms with van der Waals surface area (Å²) in [6.45, 7) is 0. The van der Waals surface area contributed by atoms with Crippen molar-refractivity contribution >= 4 is 0 Å². The van der Waals surface area contributed by atoms with Crippen molar-refractivity contribution in [3.05, 3.63) is 200 Å². The summed E-state index contributed by atoms with van der Waals surface area (Å²) in [5, 5.41) is 143. The van der Waals surface area contributed by atoms with Gasteiger partial charge in [-0.1, -0.05) is 72.8 Å². The van der Waals surface area contributed by atoms with E-state index in [9.17, 15) is 71.5 Å². The standard InChI is InChI=1S/C62H62O14/c63-49-25-39(13-17-44(49)18-15-42-30-55(69)61(75)56(70)31-42)14-20-46(23-37-7-1-35(2-8-37)5-11-40-26-51(65)59(73)52(66)27-40)48(24-38-9-3-36(4-10-38)6-12-41-28-53(67)60(74)54(68)29-41)47-22-21-45(50(64)34-47)19-16-43-32-57(71)62(76)58(72)33-43/h1-4,7-10,13,17,21-22,25-34,46,48,63-76H,5-6,11-12,14-16,18-20,23-24H2/t46-,48-/m0/s1. The lowest BCUT2D eigenvalue weighted by Crippen LogP contribution is -2.19. The molecule has 0 bridgehead atoms. The van der Waals surface area contributed by atoms with E-state index in [2.05, 4.69) is 24.3 Å². The first kappa shape index (κ1) is 53.3. The fraction of sp³-hybridized carbons (Fsp3) is 0.226. The average molecular weight is 1030 g/mol. The van der Waals surface area contributed by atoms with Crippen LogP contribution < -0.4 is 0 Å². The molecule has 0 aliphatic rings. The lowest BCUT2D eigenvalue weighted by molar-refractivity contribution is 0.367. The minimum atomic E-state index is -0.603. The summed E-state index contributed by atoms with van der Waals surface area (Å²) in [7, 11) is 0. The van der Waals surface area contributed by atoms with Crippen molar-refractivity contribution in [1.82, 2.24) is 0 Å². The molecule has 0 aliphatic carbocycles. The summed E-state index contributed by atoms with van der Waals surface area (Å²) in [6.07, 6.45) is 6.15. The van der Waals surface area contributed by atoms with Crippen LogP contribution in [-0.4, -0.2) is 71.5 Å². The van der Waals surface area contributed by atoms with Crippen LogP contribution in [0.3, 0.4) is 0 Å². The Morgan fingerprint density at radius 1 is 0.237 bits per heavy atom. The Labute approximate surface area is 439 Å². The van der Waals surface area contributed by atoms with Gasteiger partial charge in [0.15, 0.2) is 69.0 Å². The topological polar surface area (TPSA) is 283 Å². The molecule has 0 amide bonds. The van der Waals surface area contributed by atoms with Crippen LogP contribution in [0.2, 0.25) is 0 Å². The van der Waals surface area contributed by atoms with Crippen molar-refractivity contribution in [3.63, 3.8) is 0 Å². The minimum absolute atomic E-state index is 0.0480. The first-order chi connectivity index (χ1) is 36.4. The second-order valence-corrected chi connectivity index (χ2v) is 19.7. The predicted octanol–water partition coefficient (Wildman–Crippen LogP) is 10.5. The number of rotatable bonds is 21. The van der Waals surface area contributed by atoms with E-state index in [1.165, 1.54) is 48.5 Å². The predicted molar refractivity (Wildman–Crippen MR) is 286 cm³/mol. The molecule has 0 radical (unpaired) electrons. The van der Waals surface area contributed by atoms with Gasteiger partial charge in [-0.05, 0) is 216 Å². The Morgan fingerprint density at radius 2 is 0.526 bits per heavy atom. The van der Waals surface area contributed by atoms with Crippen LogP contribution in [0.15, 0.2) is 133 Å². The Hall–Kier alpha value is -9.04. The third-order valence-electron chi connectivity index (χ3n) is 14.3. The highest BCUT2D eigenvalue weighted by Crippen LogP contribution is 2.41. The molecule has 0 aromatic heterocycles. The molecule has 8 aromatic carbocycles. The van der Waals surface area contributed by atoms with E-state index in [0.717, 1.165) is 33.4 Å².